The summed E-state index contributed by atoms with van der Waals surface area (Å²) in [7, 11) is 0. The van der Waals surface area contributed by atoms with Gasteiger partial charge in [0, 0.05) is 16.4 Å². The second kappa shape index (κ2) is 5.55. The number of aryl methyl sites for hydroxylation is 1. The van der Waals surface area contributed by atoms with Gasteiger partial charge in [0.15, 0.2) is 0 Å². The van der Waals surface area contributed by atoms with E-state index >= 15 is 0 Å². The Morgan fingerprint density at radius 2 is 2.05 bits per heavy atom. The first-order valence-electron chi connectivity index (χ1n) is 6.56. The van der Waals surface area contributed by atoms with Crippen LogP contribution in [0, 0.1) is 12.3 Å². The molecule has 104 valence electrons. The lowest BCUT2D eigenvalue weighted by Crippen LogP contribution is -2.61. The summed E-state index contributed by atoms with van der Waals surface area (Å²) >= 11 is 1.54. The second-order valence-electron chi connectivity index (χ2n) is 5.79. The van der Waals surface area contributed by atoms with E-state index < -0.39 is 0 Å². The van der Waals surface area contributed by atoms with Gasteiger partial charge >= 0.3 is 0 Å². The van der Waals surface area contributed by atoms with Gasteiger partial charge in [-0.2, -0.15) is 0 Å². The van der Waals surface area contributed by atoms with E-state index in [4.69, 9.17) is 0 Å². The minimum atomic E-state index is -0.303. The Kier molecular flexibility index (Phi) is 4.21. The number of rotatable bonds is 4. The topological polar surface area (TPSA) is 49.3 Å². The average molecular weight is 279 g/mol. The molecule has 0 radical (unpaired) electrons. The van der Waals surface area contributed by atoms with Crippen molar-refractivity contribution in [2.45, 2.75) is 44.2 Å². The summed E-state index contributed by atoms with van der Waals surface area (Å²) in [4.78, 5) is 13.0. The molecular weight excluding hydrogens is 258 g/mol. The molecule has 4 heteroatoms. The van der Waals surface area contributed by atoms with E-state index in [0.717, 1.165) is 4.90 Å². The van der Waals surface area contributed by atoms with Crippen LogP contribution in [0.2, 0.25) is 0 Å². The predicted octanol–water partition coefficient (Wildman–Crippen LogP) is 2.36. The van der Waals surface area contributed by atoms with Crippen molar-refractivity contribution >= 4 is 17.7 Å². The molecule has 2 atom stereocenters. The number of nitrogens with one attached hydrogen (secondary N) is 1. The van der Waals surface area contributed by atoms with E-state index in [9.17, 15) is 9.90 Å². The van der Waals surface area contributed by atoms with Crippen molar-refractivity contribution in [2.75, 3.05) is 5.75 Å². The van der Waals surface area contributed by atoms with Gasteiger partial charge in [0.2, 0.25) is 5.91 Å². The predicted molar refractivity (Wildman–Crippen MR) is 78.2 cm³/mol. The summed E-state index contributed by atoms with van der Waals surface area (Å²) in [5.74, 6) is 0.460. The molecule has 1 aromatic carbocycles. The molecule has 2 rings (SSSR count). The highest BCUT2D eigenvalue weighted by Crippen LogP contribution is 2.40. The largest absolute Gasteiger partial charge is 0.392 e. The SMILES string of the molecule is Cc1ccc(SCC(=O)NC2CC(O)C2(C)C)cc1. The van der Waals surface area contributed by atoms with Crippen LogP contribution in [0.5, 0.6) is 0 Å². The van der Waals surface area contributed by atoms with Crippen molar-refractivity contribution in [1.82, 2.24) is 5.32 Å². The fraction of sp³-hybridized carbons (Fsp3) is 0.533. The zero-order valence-corrected chi connectivity index (χ0v) is 12.5. The zero-order valence-electron chi connectivity index (χ0n) is 11.6. The fourth-order valence-electron chi connectivity index (χ4n) is 2.17. The van der Waals surface area contributed by atoms with Crippen molar-refractivity contribution in [1.29, 1.82) is 0 Å². The average Bonchev–Trinajstić information content (AvgIpc) is 2.38. The number of aliphatic hydroxyl groups excluding tert-OH is 1. The van der Waals surface area contributed by atoms with Crippen LogP contribution in [0.15, 0.2) is 29.2 Å². The van der Waals surface area contributed by atoms with Crippen LogP contribution in [-0.2, 0) is 4.79 Å². The minimum absolute atomic E-state index is 0.0375. The Labute approximate surface area is 118 Å². The van der Waals surface area contributed by atoms with Crippen LogP contribution in [-0.4, -0.2) is 28.9 Å². The Hall–Kier alpha value is -1.00. The molecule has 0 aromatic heterocycles. The van der Waals surface area contributed by atoms with Gasteiger partial charge in [-0.05, 0) is 25.5 Å². The number of carbonyl (C=O) groups is 1. The van der Waals surface area contributed by atoms with Crippen molar-refractivity contribution < 1.29 is 9.90 Å². The van der Waals surface area contributed by atoms with Crippen molar-refractivity contribution in [3.63, 3.8) is 0 Å². The maximum atomic E-state index is 11.9. The summed E-state index contributed by atoms with van der Waals surface area (Å²) in [6, 6.07) is 8.25. The summed E-state index contributed by atoms with van der Waals surface area (Å²) in [5, 5.41) is 12.6. The number of hydrogen-bond acceptors (Lipinski definition) is 3. The molecule has 1 saturated carbocycles. The number of amides is 1. The highest BCUT2D eigenvalue weighted by molar-refractivity contribution is 8.00. The van der Waals surface area contributed by atoms with Crippen molar-refractivity contribution in [3.8, 4) is 0 Å². The van der Waals surface area contributed by atoms with Crippen LogP contribution < -0.4 is 5.32 Å². The molecule has 19 heavy (non-hydrogen) atoms. The lowest BCUT2D eigenvalue weighted by Gasteiger charge is -2.49. The zero-order chi connectivity index (χ0) is 14.0. The molecule has 0 heterocycles. The Balaban J connectivity index is 1.78. The third-order valence-electron chi connectivity index (χ3n) is 3.94. The highest BCUT2D eigenvalue weighted by atomic mass is 32.2. The molecule has 1 amide bonds. The first-order chi connectivity index (χ1) is 8.89. The Morgan fingerprint density at radius 3 is 2.58 bits per heavy atom. The molecule has 1 fully saturated rings. The van der Waals surface area contributed by atoms with Crippen LogP contribution in [0.3, 0.4) is 0 Å². The first kappa shape index (κ1) is 14.4. The molecule has 1 aromatic rings. The molecule has 2 N–H and O–H groups in total. The summed E-state index contributed by atoms with van der Waals surface area (Å²) in [5.41, 5.74) is 1.02. The molecular formula is C15H21NO2S. The Morgan fingerprint density at radius 1 is 1.42 bits per heavy atom. The fourth-order valence-corrected chi connectivity index (χ4v) is 2.88. The van der Waals surface area contributed by atoms with E-state index in [-0.39, 0.29) is 23.5 Å². The van der Waals surface area contributed by atoms with Gasteiger partial charge in [-0.1, -0.05) is 31.5 Å². The van der Waals surface area contributed by atoms with Gasteiger partial charge in [0.1, 0.15) is 0 Å². The van der Waals surface area contributed by atoms with Crippen molar-refractivity contribution in [2.24, 2.45) is 5.41 Å². The molecule has 2 unspecified atom stereocenters. The van der Waals surface area contributed by atoms with Crippen LogP contribution >= 0.6 is 11.8 Å². The molecule has 0 bridgehead atoms. The van der Waals surface area contributed by atoms with E-state index in [2.05, 4.69) is 5.32 Å². The monoisotopic (exact) mass is 279 g/mol. The van der Waals surface area contributed by atoms with Gasteiger partial charge in [-0.15, -0.1) is 11.8 Å². The molecule has 0 saturated heterocycles. The summed E-state index contributed by atoms with van der Waals surface area (Å²) in [6.07, 6.45) is 0.357. The van der Waals surface area contributed by atoms with Crippen LogP contribution in [0.1, 0.15) is 25.8 Å². The maximum Gasteiger partial charge on any atom is 0.230 e. The van der Waals surface area contributed by atoms with Gasteiger partial charge in [-0.25, -0.2) is 0 Å². The minimum Gasteiger partial charge on any atom is -0.392 e. The summed E-state index contributed by atoms with van der Waals surface area (Å²) < 4.78 is 0. The lowest BCUT2D eigenvalue weighted by molar-refractivity contribution is -0.126. The van der Waals surface area contributed by atoms with E-state index in [0.29, 0.717) is 12.2 Å². The lowest BCUT2D eigenvalue weighted by atomic mass is 9.64. The van der Waals surface area contributed by atoms with Crippen molar-refractivity contribution in [3.05, 3.63) is 29.8 Å². The third kappa shape index (κ3) is 3.31. The summed E-state index contributed by atoms with van der Waals surface area (Å²) in [6.45, 7) is 6.02. The molecule has 3 nitrogen and oxygen atoms in total. The molecule has 1 aliphatic carbocycles. The number of thioether (sulfide) groups is 1. The van der Waals surface area contributed by atoms with Gasteiger partial charge in [-0.3, -0.25) is 4.79 Å². The standard InChI is InChI=1S/C15H21NO2S/c1-10-4-6-11(7-5-10)19-9-14(18)16-12-8-13(17)15(12,2)3/h4-7,12-13,17H,8-9H2,1-3H3,(H,16,18). The van der Waals surface area contributed by atoms with Gasteiger partial charge < -0.3 is 10.4 Å². The number of aliphatic hydroxyl groups is 1. The number of benzene rings is 1. The third-order valence-corrected chi connectivity index (χ3v) is 4.95. The molecule has 0 spiro atoms. The number of carbonyl (C=O) groups excluding carboxylic acids is 1. The van der Waals surface area contributed by atoms with Gasteiger partial charge in [0.05, 0.1) is 11.9 Å². The van der Waals surface area contributed by atoms with E-state index in [1.165, 1.54) is 5.56 Å². The quantitative estimate of drug-likeness (QED) is 0.832. The van der Waals surface area contributed by atoms with Crippen LogP contribution in [0.4, 0.5) is 0 Å². The Bertz CT molecular complexity index is 456. The highest BCUT2D eigenvalue weighted by Gasteiger charge is 2.47. The number of hydrogen-bond donors (Lipinski definition) is 2. The van der Waals surface area contributed by atoms with E-state index in [1.54, 1.807) is 11.8 Å². The normalized spacial score (nSPS) is 24.6. The van der Waals surface area contributed by atoms with E-state index in [1.807, 2.05) is 45.0 Å². The molecule has 1 aliphatic rings. The second-order valence-corrected chi connectivity index (χ2v) is 6.84. The molecule has 0 aliphatic heterocycles. The maximum absolute atomic E-state index is 11.9. The van der Waals surface area contributed by atoms with Crippen LogP contribution in [0.25, 0.3) is 0 Å². The van der Waals surface area contributed by atoms with Gasteiger partial charge in [0.25, 0.3) is 0 Å². The first-order valence-corrected chi connectivity index (χ1v) is 7.55. The smallest absolute Gasteiger partial charge is 0.230 e.